The monoisotopic (exact) mass is 670 g/mol. The molecule has 0 amide bonds. The molecule has 1 aromatic heterocycles. The minimum Gasteiger partial charge on any atom is -0.497 e. The second kappa shape index (κ2) is 28.5. The fourth-order valence-corrected chi connectivity index (χ4v) is 5.39. The third-order valence-corrected chi connectivity index (χ3v) is 8.09. The van der Waals surface area contributed by atoms with Crippen molar-refractivity contribution in [2.75, 3.05) is 41.0 Å². The first-order valence-electron chi connectivity index (χ1n) is 17.2. The smallest absolute Gasteiger partial charge is 0.223 e. The summed E-state index contributed by atoms with van der Waals surface area (Å²) in [6.07, 6.45) is 24.3. The van der Waals surface area contributed by atoms with E-state index >= 15 is 0 Å². The Kier molecular flexibility index (Phi) is 27.4. The predicted molar refractivity (Wildman–Crippen MR) is 195 cm³/mol. The molecule has 0 unspecified atom stereocenters. The highest BCUT2D eigenvalue weighted by atomic mass is 35.5. The Morgan fingerprint density at radius 1 is 0.711 bits per heavy atom. The maximum atomic E-state index is 12.9. The molecule has 6 nitrogen and oxygen atoms in total. The second-order valence-electron chi connectivity index (χ2n) is 12.3. The summed E-state index contributed by atoms with van der Waals surface area (Å²) in [5, 5.41) is 0. The normalized spacial score (nSPS) is 10.9. The molecule has 0 aliphatic rings. The second-order valence-corrected chi connectivity index (χ2v) is 12.3. The van der Waals surface area contributed by atoms with Crippen LogP contribution in [0.2, 0.25) is 0 Å². The Labute approximate surface area is 287 Å². The molecule has 2 aromatic rings. The van der Waals surface area contributed by atoms with Crippen LogP contribution in [0.5, 0.6) is 11.5 Å². The summed E-state index contributed by atoms with van der Waals surface area (Å²) in [7, 11) is 5.79. The molecule has 2 rings (SSSR count). The van der Waals surface area contributed by atoms with Crippen LogP contribution in [0.15, 0.2) is 41.3 Å². The van der Waals surface area contributed by atoms with Crippen molar-refractivity contribution in [2.45, 2.75) is 129 Å². The maximum absolute atomic E-state index is 12.9. The zero-order valence-corrected chi connectivity index (χ0v) is 30.5. The van der Waals surface area contributed by atoms with Gasteiger partial charge in [0.15, 0.2) is 5.75 Å². The maximum Gasteiger partial charge on any atom is 0.223 e. The van der Waals surface area contributed by atoms with Gasteiger partial charge in [0, 0.05) is 24.9 Å². The van der Waals surface area contributed by atoms with Crippen LogP contribution in [0.3, 0.4) is 0 Å². The van der Waals surface area contributed by atoms with Crippen LogP contribution in [0.1, 0.15) is 127 Å². The molecule has 1 heterocycles. The van der Waals surface area contributed by atoms with Crippen molar-refractivity contribution in [3.8, 4) is 11.5 Å². The predicted octanol–water partition coefficient (Wildman–Crippen LogP) is 9.86. The summed E-state index contributed by atoms with van der Waals surface area (Å²) in [5.41, 5.74) is 1.91. The van der Waals surface area contributed by atoms with Crippen molar-refractivity contribution >= 4 is 24.8 Å². The lowest BCUT2D eigenvalue weighted by molar-refractivity contribution is 0.108. The van der Waals surface area contributed by atoms with Crippen molar-refractivity contribution in [3.63, 3.8) is 0 Å². The fourth-order valence-electron chi connectivity index (χ4n) is 5.39. The van der Waals surface area contributed by atoms with Gasteiger partial charge in [0.05, 0.1) is 26.5 Å². The zero-order chi connectivity index (χ0) is 31.0. The number of rotatable bonds is 27. The quantitative estimate of drug-likeness (QED) is 0.0886. The Morgan fingerprint density at radius 2 is 1.24 bits per heavy atom. The molecule has 0 saturated carbocycles. The van der Waals surface area contributed by atoms with Gasteiger partial charge in [-0.15, -0.1) is 24.8 Å². The number of nitrogens with zero attached hydrogens (tertiary/aromatic N) is 2. The molecule has 0 radical (unpaired) electrons. The van der Waals surface area contributed by atoms with Crippen LogP contribution >= 0.6 is 24.8 Å². The fraction of sp³-hybridized carbons (Fsp3) is 0.703. The number of hydrogen-bond donors (Lipinski definition) is 0. The van der Waals surface area contributed by atoms with Crippen molar-refractivity contribution in [1.82, 2.24) is 9.47 Å². The van der Waals surface area contributed by atoms with E-state index in [0.717, 1.165) is 42.8 Å². The highest BCUT2D eigenvalue weighted by Crippen LogP contribution is 2.17. The Bertz CT molecular complexity index is 1010. The molecule has 0 spiro atoms. The molecule has 1 aromatic carbocycles. The van der Waals surface area contributed by atoms with Gasteiger partial charge in [-0.3, -0.25) is 4.79 Å². The van der Waals surface area contributed by atoms with E-state index in [1.807, 2.05) is 18.3 Å². The average molecular weight is 672 g/mol. The van der Waals surface area contributed by atoms with E-state index in [4.69, 9.17) is 14.2 Å². The van der Waals surface area contributed by atoms with Crippen LogP contribution in [0.4, 0.5) is 0 Å². The summed E-state index contributed by atoms with van der Waals surface area (Å²) in [4.78, 5) is 15.0. The van der Waals surface area contributed by atoms with Crippen LogP contribution in [0.25, 0.3) is 0 Å². The first kappa shape index (κ1) is 43.3. The van der Waals surface area contributed by atoms with Crippen LogP contribution in [0, 0.1) is 0 Å². The van der Waals surface area contributed by atoms with Crippen LogP contribution in [-0.4, -0.2) is 50.4 Å². The lowest BCUT2D eigenvalue weighted by atomic mass is 10.0. The number of aromatic nitrogens is 1. The third-order valence-electron chi connectivity index (χ3n) is 8.09. The highest BCUT2D eigenvalue weighted by molar-refractivity contribution is 5.85. The minimum absolute atomic E-state index is 0. The zero-order valence-electron chi connectivity index (χ0n) is 28.9. The van der Waals surface area contributed by atoms with Crippen molar-refractivity contribution in [3.05, 3.63) is 58.0 Å². The van der Waals surface area contributed by atoms with E-state index in [9.17, 15) is 4.79 Å². The summed E-state index contributed by atoms with van der Waals surface area (Å²) in [6.45, 7) is 5.54. The van der Waals surface area contributed by atoms with Gasteiger partial charge in [-0.25, -0.2) is 0 Å². The van der Waals surface area contributed by atoms with Crippen molar-refractivity contribution in [2.24, 2.45) is 0 Å². The summed E-state index contributed by atoms with van der Waals surface area (Å²) in [6, 6.07) is 9.71. The minimum atomic E-state index is -0.0747. The number of pyridine rings is 1. The molecule has 0 N–H and O–H groups in total. The molecule has 0 saturated heterocycles. The van der Waals surface area contributed by atoms with E-state index in [-0.39, 0.29) is 30.2 Å². The van der Waals surface area contributed by atoms with Gasteiger partial charge in [0.1, 0.15) is 5.75 Å². The summed E-state index contributed by atoms with van der Waals surface area (Å²) < 4.78 is 19.3. The van der Waals surface area contributed by atoms with E-state index in [1.54, 1.807) is 13.2 Å². The standard InChI is InChI=1S/C37H62N2O4.2ClH/c1-5-6-7-8-9-10-11-12-13-14-15-16-17-18-19-20-28-43-37-31-39(30-33-22-24-35(41-4)25-23-33)34(29-36(37)40)32-42-27-21-26-38(2)3;;/h22-25,29,31H,5-21,26-28,30,32H2,1-4H3;2*1H. The van der Waals surface area contributed by atoms with Crippen molar-refractivity contribution in [1.29, 1.82) is 0 Å². The molecule has 260 valence electrons. The molecular weight excluding hydrogens is 607 g/mol. The van der Waals surface area contributed by atoms with Crippen LogP contribution < -0.4 is 14.9 Å². The summed E-state index contributed by atoms with van der Waals surface area (Å²) in [5.74, 6) is 1.25. The largest absolute Gasteiger partial charge is 0.497 e. The molecule has 0 bridgehead atoms. The average Bonchev–Trinajstić information content (AvgIpc) is 3.00. The van der Waals surface area contributed by atoms with E-state index in [2.05, 4.69) is 42.6 Å². The van der Waals surface area contributed by atoms with E-state index < -0.39 is 0 Å². The van der Waals surface area contributed by atoms with Gasteiger partial charge >= 0.3 is 0 Å². The molecule has 0 aliphatic heterocycles. The van der Waals surface area contributed by atoms with E-state index in [0.29, 0.717) is 32.1 Å². The molecule has 0 fully saturated rings. The van der Waals surface area contributed by atoms with Crippen LogP contribution in [-0.2, 0) is 17.9 Å². The topological polar surface area (TPSA) is 52.9 Å². The van der Waals surface area contributed by atoms with E-state index in [1.165, 1.54) is 89.9 Å². The summed E-state index contributed by atoms with van der Waals surface area (Å²) >= 11 is 0. The number of halogens is 2. The molecule has 0 aliphatic carbocycles. The highest BCUT2D eigenvalue weighted by Gasteiger charge is 2.10. The number of ether oxygens (including phenoxy) is 3. The first-order chi connectivity index (χ1) is 21.0. The number of hydrogen-bond acceptors (Lipinski definition) is 5. The third kappa shape index (κ3) is 20.9. The van der Waals surface area contributed by atoms with Crippen molar-refractivity contribution < 1.29 is 14.2 Å². The number of methoxy groups -OCH3 is 1. The Morgan fingerprint density at radius 3 is 1.76 bits per heavy atom. The molecule has 8 heteroatoms. The van der Waals surface area contributed by atoms with Gasteiger partial charge in [0.25, 0.3) is 0 Å². The first-order valence-corrected chi connectivity index (χ1v) is 17.2. The Hall–Kier alpha value is -1.73. The SMILES string of the molecule is CCCCCCCCCCCCCCCCCCOc1cn(Cc2ccc(OC)cc2)c(COCCCN(C)C)cc1=O.Cl.Cl. The molecule has 0 atom stereocenters. The number of unbranched alkanes of at least 4 members (excludes halogenated alkanes) is 15. The Balaban J connectivity index is 0.00000968. The molecule has 45 heavy (non-hydrogen) atoms. The number of benzene rings is 1. The van der Waals surface area contributed by atoms with Gasteiger partial charge in [0.2, 0.25) is 5.43 Å². The molecular formula is C37H64Cl2N2O4. The van der Waals surface area contributed by atoms with Gasteiger partial charge in [-0.05, 0) is 51.2 Å². The van der Waals surface area contributed by atoms with Gasteiger partial charge in [-0.1, -0.05) is 115 Å². The van der Waals surface area contributed by atoms with Gasteiger partial charge < -0.3 is 23.7 Å². The lowest BCUT2D eigenvalue weighted by Crippen LogP contribution is -2.18. The lowest BCUT2D eigenvalue weighted by Gasteiger charge is -2.17. The van der Waals surface area contributed by atoms with Gasteiger partial charge in [-0.2, -0.15) is 0 Å².